The number of hydrogen-bond donors (Lipinski definition) is 0. The second-order valence-electron chi connectivity index (χ2n) is 8.04. The number of aryl methyl sites for hydroxylation is 2. The molecule has 2 aromatic carbocycles. The summed E-state index contributed by atoms with van der Waals surface area (Å²) in [4.78, 5) is 24.5. The normalized spacial score (nSPS) is 12.6. The van der Waals surface area contributed by atoms with Crippen LogP contribution in [0.5, 0.6) is 11.5 Å². The van der Waals surface area contributed by atoms with E-state index in [2.05, 4.69) is 4.90 Å². The van der Waals surface area contributed by atoms with Crippen molar-refractivity contribution in [1.82, 2.24) is 9.97 Å². The Kier molecular flexibility index (Phi) is 7.07. The summed E-state index contributed by atoms with van der Waals surface area (Å²) >= 11 is 0. The first-order chi connectivity index (χ1) is 16.1. The smallest absolute Gasteiger partial charge is 0.360 e. The molecule has 0 saturated heterocycles. The molecular weight excluding hydrogens is 418 g/mol. The molecule has 0 N–H and O–H groups in total. The number of fused-ring (bicyclic) bond motifs is 1. The van der Waals surface area contributed by atoms with E-state index in [1.54, 1.807) is 14.2 Å². The minimum Gasteiger partial charge on any atom is -0.497 e. The van der Waals surface area contributed by atoms with Crippen LogP contribution in [0.4, 0.5) is 5.82 Å². The lowest BCUT2D eigenvalue weighted by atomic mass is 10.00. The molecule has 0 aliphatic heterocycles. The van der Waals surface area contributed by atoms with Crippen LogP contribution in [-0.4, -0.2) is 37.3 Å². The van der Waals surface area contributed by atoms with Gasteiger partial charge in [-0.25, -0.2) is 14.8 Å². The SMILES string of the molecule is COC(=O)c1nc2c(nc1N(Cc1ccc(OC)cc1)Cc1ccc(OC)cc1)CCCC2. The van der Waals surface area contributed by atoms with Crippen LogP contribution in [0.15, 0.2) is 48.5 Å². The first-order valence-corrected chi connectivity index (χ1v) is 11.1. The molecule has 7 heteroatoms. The minimum absolute atomic E-state index is 0.264. The summed E-state index contributed by atoms with van der Waals surface area (Å²) in [6.45, 7) is 1.10. The van der Waals surface area contributed by atoms with Crippen molar-refractivity contribution in [2.24, 2.45) is 0 Å². The third-order valence-electron chi connectivity index (χ3n) is 5.85. The number of carbonyl (C=O) groups excluding carboxylic acids is 1. The molecule has 3 aromatic rings. The Hall–Kier alpha value is -3.61. The maximum Gasteiger partial charge on any atom is 0.360 e. The van der Waals surface area contributed by atoms with Gasteiger partial charge in [-0.15, -0.1) is 0 Å². The fourth-order valence-electron chi connectivity index (χ4n) is 4.04. The highest BCUT2D eigenvalue weighted by Gasteiger charge is 2.25. The summed E-state index contributed by atoms with van der Waals surface area (Å²) in [5, 5.41) is 0. The Labute approximate surface area is 194 Å². The Morgan fingerprint density at radius 1 is 0.788 bits per heavy atom. The molecule has 0 atom stereocenters. The highest BCUT2D eigenvalue weighted by molar-refractivity contribution is 5.92. The second kappa shape index (κ2) is 10.3. The summed E-state index contributed by atoms with van der Waals surface area (Å²) in [6.07, 6.45) is 3.85. The van der Waals surface area contributed by atoms with Gasteiger partial charge in [0.05, 0.1) is 32.7 Å². The number of carbonyl (C=O) groups is 1. The lowest BCUT2D eigenvalue weighted by Crippen LogP contribution is -2.28. The Morgan fingerprint density at radius 2 is 1.27 bits per heavy atom. The van der Waals surface area contributed by atoms with Crippen molar-refractivity contribution in [2.45, 2.75) is 38.8 Å². The second-order valence-corrected chi connectivity index (χ2v) is 8.04. The van der Waals surface area contributed by atoms with Crippen molar-refractivity contribution >= 4 is 11.8 Å². The third kappa shape index (κ3) is 5.25. The predicted molar refractivity (Wildman–Crippen MR) is 126 cm³/mol. The molecule has 1 aromatic heterocycles. The number of benzene rings is 2. The highest BCUT2D eigenvalue weighted by Crippen LogP contribution is 2.28. The first kappa shape index (κ1) is 22.6. The molecule has 1 aliphatic carbocycles. The average Bonchev–Trinajstić information content (AvgIpc) is 2.88. The van der Waals surface area contributed by atoms with Crippen molar-refractivity contribution in [3.05, 3.63) is 76.7 Å². The van der Waals surface area contributed by atoms with E-state index in [1.807, 2.05) is 48.5 Å². The Morgan fingerprint density at radius 3 is 1.73 bits per heavy atom. The Bertz CT molecular complexity index is 1050. The van der Waals surface area contributed by atoms with Crippen LogP contribution in [0.3, 0.4) is 0 Å². The van der Waals surface area contributed by atoms with Crippen molar-refractivity contribution in [2.75, 3.05) is 26.2 Å². The zero-order valence-electron chi connectivity index (χ0n) is 19.3. The maximum absolute atomic E-state index is 12.7. The van der Waals surface area contributed by atoms with Crippen molar-refractivity contribution in [3.63, 3.8) is 0 Å². The molecule has 4 rings (SSSR count). The number of rotatable bonds is 8. The first-order valence-electron chi connectivity index (χ1n) is 11.1. The molecule has 172 valence electrons. The van der Waals surface area contributed by atoms with E-state index in [-0.39, 0.29) is 5.69 Å². The van der Waals surface area contributed by atoms with Gasteiger partial charge in [-0.3, -0.25) is 0 Å². The van der Waals surface area contributed by atoms with Crippen LogP contribution in [0, 0.1) is 0 Å². The highest BCUT2D eigenvalue weighted by atomic mass is 16.5. The summed E-state index contributed by atoms with van der Waals surface area (Å²) in [7, 11) is 4.68. The lowest BCUT2D eigenvalue weighted by Gasteiger charge is -2.27. The molecule has 0 spiro atoms. The van der Waals surface area contributed by atoms with Gasteiger partial charge in [0.25, 0.3) is 0 Å². The summed E-state index contributed by atoms with van der Waals surface area (Å²) in [5.41, 5.74) is 4.28. The van der Waals surface area contributed by atoms with E-state index in [1.165, 1.54) is 7.11 Å². The van der Waals surface area contributed by atoms with E-state index in [4.69, 9.17) is 24.2 Å². The molecule has 0 saturated carbocycles. The van der Waals surface area contributed by atoms with Gasteiger partial charge < -0.3 is 19.1 Å². The summed E-state index contributed by atoms with van der Waals surface area (Å²) in [6, 6.07) is 15.8. The van der Waals surface area contributed by atoms with Gasteiger partial charge in [-0.2, -0.15) is 0 Å². The fourth-order valence-corrected chi connectivity index (χ4v) is 4.04. The van der Waals surface area contributed by atoms with Crippen LogP contribution in [0.25, 0.3) is 0 Å². The van der Waals surface area contributed by atoms with Gasteiger partial charge in [0, 0.05) is 13.1 Å². The molecular formula is C26H29N3O4. The zero-order chi connectivity index (χ0) is 23.2. The zero-order valence-corrected chi connectivity index (χ0v) is 19.3. The van der Waals surface area contributed by atoms with Gasteiger partial charge in [0.1, 0.15) is 11.5 Å². The molecule has 1 heterocycles. The minimum atomic E-state index is -0.472. The summed E-state index contributed by atoms with van der Waals surface area (Å²) < 4.78 is 15.7. The largest absolute Gasteiger partial charge is 0.497 e. The number of anilines is 1. The number of hydrogen-bond acceptors (Lipinski definition) is 7. The molecule has 0 amide bonds. The lowest BCUT2D eigenvalue weighted by molar-refractivity contribution is 0.0593. The number of ether oxygens (including phenoxy) is 3. The fraction of sp³-hybridized carbons (Fsp3) is 0.346. The number of methoxy groups -OCH3 is 3. The topological polar surface area (TPSA) is 73.8 Å². The van der Waals surface area contributed by atoms with Crippen LogP contribution < -0.4 is 14.4 Å². The average molecular weight is 448 g/mol. The molecule has 0 bridgehead atoms. The molecule has 0 radical (unpaired) electrons. The van der Waals surface area contributed by atoms with Crippen molar-refractivity contribution < 1.29 is 19.0 Å². The predicted octanol–water partition coefficient (Wildman–Crippen LogP) is 4.37. The molecule has 0 fully saturated rings. The molecule has 0 unspecified atom stereocenters. The van der Waals surface area contributed by atoms with Crippen molar-refractivity contribution in [1.29, 1.82) is 0 Å². The van der Waals surface area contributed by atoms with Crippen LogP contribution in [0.2, 0.25) is 0 Å². The maximum atomic E-state index is 12.7. The van der Waals surface area contributed by atoms with E-state index in [0.29, 0.717) is 18.9 Å². The molecule has 7 nitrogen and oxygen atoms in total. The number of esters is 1. The van der Waals surface area contributed by atoms with Gasteiger partial charge in [0.15, 0.2) is 11.5 Å². The van der Waals surface area contributed by atoms with Gasteiger partial charge in [-0.05, 0) is 61.1 Å². The van der Waals surface area contributed by atoms with Crippen LogP contribution >= 0.6 is 0 Å². The third-order valence-corrected chi connectivity index (χ3v) is 5.85. The van der Waals surface area contributed by atoms with Crippen molar-refractivity contribution in [3.8, 4) is 11.5 Å². The quantitative estimate of drug-likeness (QED) is 0.475. The van der Waals surface area contributed by atoms with Crippen LogP contribution in [0.1, 0.15) is 45.8 Å². The summed E-state index contributed by atoms with van der Waals surface area (Å²) in [5.74, 6) is 1.67. The van der Waals surface area contributed by atoms with Gasteiger partial charge in [-0.1, -0.05) is 24.3 Å². The van der Waals surface area contributed by atoms with E-state index >= 15 is 0 Å². The molecule has 1 aliphatic rings. The standard InChI is InChI=1S/C26H29N3O4/c1-31-20-12-8-18(9-13-20)16-29(17-19-10-14-21(32-2)15-11-19)25-24(26(30)33-3)27-22-6-4-5-7-23(22)28-25/h8-15H,4-7,16-17H2,1-3H3. The monoisotopic (exact) mass is 447 g/mol. The van der Waals surface area contributed by atoms with E-state index < -0.39 is 5.97 Å². The van der Waals surface area contributed by atoms with E-state index in [0.717, 1.165) is 59.7 Å². The molecule has 33 heavy (non-hydrogen) atoms. The van der Waals surface area contributed by atoms with E-state index in [9.17, 15) is 4.79 Å². The van der Waals surface area contributed by atoms with Gasteiger partial charge in [0.2, 0.25) is 0 Å². The number of nitrogens with zero attached hydrogens (tertiary/aromatic N) is 3. The van der Waals surface area contributed by atoms with Gasteiger partial charge >= 0.3 is 5.97 Å². The Balaban J connectivity index is 1.75. The van der Waals surface area contributed by atoms with Crippen LogP contribution in [-0.2, 0) is 30.7 Å². The number of aromatic nitrogens is 2.